The van der Waals surface area contributed by atoms with Crippen molar-refractivity contribution in [3.63, 3.8) is 0 Å². The molecular formula is C29H24Br2N4O6. The third-order valence-electron chi connectivity index (χ3n) is 6.95. The van der Waals surface area contributed by atoms with Gasteiger partial charge in [0.15, 0.2) is 0 Å². The Labute approximate surface area is 251 Å². The molecule has 210 valence electrons. The second-order valence-electron chi connectivity index (χ2n) is 9.73. The van der Waals surface area contributed by atoms with E-state index in [1.807, 2.05) is 6.07 Å². The maximum atomic E-state index is 13.6. The van der Waals surface area contributed by atoms with Crippen LogP contribution in [0, 0.1) is 10.1 Å². The predicted molar refractivity (Wildman–Crippen MR) is 161 cm³/mol. The lowest BCUT2D eigenvalue weighted by Gasteiger charge is -2.22. The molecule has 0 saturated heterocycles. The van der Waals surface area contributed by atoms with Crippen LogP contribution in [0.25, 0.3) is 10.9 Å². The molecular weight excluding hydrogens is 660 g/mol. The van der Waals surface area contributed by atoms with Crippen LogP contribution in [0.5, 0.6) is 5.75 Å². The highest BCUT2D eigenvalue weighted by molar-refractivity contribution is 9.10. The highest BCUT2D eigenvalue weighted by Gasteiger charge is 2.23. The first-order chi connectivity index (χ1) is 19.7. The summed E-state index contributed by atoms with van der Waals surface area (Å²) in [7, 11) is 0. The molecule has 0 aliphatic heterocycles. The first-order valence-corrected chi connectivity index (χ1v) is 14.5. The second-order valence-corrected chi connectivity index (χ2v) is 11.5. The minimum Gasteiger partial charge on any atom is -0.481 e. The van der Waals surface area contributed by atoms with Gasteiger partial charge in [0.25, 0.3) is 5.56 Å². The van der Waals surface area contributed by atoms with Crippen LogP contribution in [-0.2, 0) is 6.61 Å². The molecule has 1 aliphatic carbocycles. The molecule has 1 saturated carbocycles. The van der Waals surface area contributed by atoms with Gasteiger partial charge in [-0.15, -0.1) is 0 Å². The number of rotatable bonds is 8. The molecule has 1 aromatic heterocycles. The summed E-state index contributed by atoms with van der Waals surface area (Å²) in [6, 6.07) is 14.4. The summed E-state index contributed by atoms with van der Waals surface area (Å²) in [4.78, 5) is 40.8. The highest BCUT2D eigenvalue weighted by Crippen LogP contribution is 2.37. The van der Waals surface area contributed by atoms with E-state index in [1.165, 1.54) is 29.1 Å². The second kappa shape index (κ2) is 12.3. The number of nitrogens with zero attached hydrogens (tertiary/aromatic N) is 4. The van der Waals surface area contributed by atoms with Crippen LogP contribution in [0.1, 0.15) is 65.3 Å². The first kappa shape index (κ1) is 28.6. The van der Waals surface area contributed by atoms with Crippen molar-refractivity contribution < 1.29 is 19.6 Å². The fourth-order valence-corrected chi connectivity index (χ4v) is 5.82. The van der Waals surface area contributed by atoms with Crippen molar-refractivity contribution >= 4 is 60.6 Å². The number of aromatic carboxylic acids is 1. The van der Waals surface area contributed by atoms with Gasteiger partial charge in [-0.05, 0) is 70.7 Å². The van der Waals surface area contributed by atoms with Crippen LogP contribution in [0.2, 0.25) is 0 Å². The van der Waals surface area contributed by atoms with E-state index >= 15 is 0 Å². The molecule has 10 nitrogen and oxygen atoms in total. The van der Waals surface area contributed by atoms with Crippen LogP contribution >= 0.6 is 31.9 Å². The van der Waals surface area contributed by atoms with Gasteiger partial charge < -0.3 is 9.84 Å². The topological polar surface area (TPSA) is 137 Å². The van der Waals surface area contributed by atoms with Gasteiger partial charge in [0.2, 0.25) is 5.75 Å². The summed E-state index contributed by atoms with van der Waals surface area (Å²) in [5.41, 5.74) is 1.16. The Kier molecular flexibility index (Phi) is 8.60. The lowest BCUT2D eigenvalue weighted by atomic mass is 9.88. The Bertz CT molecular complexity index is 1730. The molecule has 0 unspecified atom stereocenters. The zero-order chi connectivity index (χ0) is 29.1. The number of aromatic nitrogens is 2. The van der Waals surface area contributed by atoms with Gasteiger partial charge in [-0.3, -0.25) is 14.9 Å². The number of fused-ring (bicyclic) bond motifs is 1. The molecule has 0 radical (unpaired) electrons. The summed E-state index contributed by atoms with van der Waals surface area (Å²) in [6.45, 7) is -0.00869. The van der Waals surface area contributed by atoms with E-state index in [2.05, 4.69) is 37.0 Å². The van der Waals surface area contributed by atoms with E-state index in [4.69, 9.17) is 14.8 Å². The predicted octanol–water partition coefficient (Wildman–Crippen LogP) is 7.04. The zero-order valence-corrected chi connectivity index (χ0v) is 24.8. The SMILES string of the molecule is O=C(O)c1ccc(COc2c(Br)cc(C=Nn3c(C4CCCCC4)nc4ccc(Br)cc4c3=O)cc2[N+](=O)[O-])cc1. The van der Waals surface area contributed by atoms with Gasteiger partial charge in [0, 0.05) is 22.0 Å². The Hall–Kier alpha value is -3.90. The van der Waals surface area contributed by atoms with Crippen molar-refractivity contribution in [3.05, 3.63) is 107 Å². The average molecular weight is 684 g/mol. The summed E-state index contributed by atoms with van der Waals surface area (Å²) in [5, 5.41) is 25.9. The molecule has 1 fully saturated rings. The molecule has 3 aromatic carbocycles. The molecule has 0 spiro atoms. The maximum absolute atomic E-state index is 13.6. The van der Waals surface area contributed by atoms with E-state index in [1.54, 1.807) is 30.3 Å². The number of nitro benzene ring substituents is 1. The normalized spacial score (nSPS) is 14.0. The first-order valence-electron chi connectivity index (χ1n) is 12.9. The van der Waals surface area contributed by atoms with Crippen LogP contribution in [0.3, 0.4) is 0 Å². The van der Waals surface area contributed by atoms with Crippen molar-refractivity contribution in [1.82, 2.24) is 9.66 Å². The monoisotopic (exact) mass is 682 g/mol. The molecule has 0 amide bonds. The fraction of sp³-hybridized carbons (Fsp3) is 0.241. The van der Waals surface area contributed by atoms with Crippen molar-refractivity contribution in [2.75, 3.05) is 0 Å². The van der Waals surface area contributed by atoms with Crippen molar-refractivity contribution in [2.24, 2.45) is 5.10 Å². The number of halogens is 2. The number of carbonyl (C=O) groups is 1. The Morgan fingerprint density at radius 2 is 1.85 bits per heavy atom. The molecule has 0 bridgehead atoms. The Morgan fingerprint density at radius 1 is 1.12 bits per heavy atom. The van der Waals surface area contributed by atoms with Crippen LogP contribution in [0.15, 0.2) is 73.4 Å². The highest BCUT2D eigenvalue weighted by atomic mass is 79.9. The van der Waals surface area contributed by atoms with E-state index in [0.717, 1.165) is 36.6 Å². The molecule has 12 heteroatoms. The standard InChI is InChI=1S/C29H24Br2N4O6/c30-21-10-11-24-22(14-21)28(36)34(27(33-24)19-4-2-1-3-5-19)32-15-18-12-23(31)26(25(13-18)35(39)40)41-16-17-6-8-20(9-7-17)29(37)38/h6-15,19H,1-5,16H2,(H,37,38). The average Bonchev–Trinajstić information content (AvgIpc) is 2.96. The summed E-state index contributed by atoms with van der Waals surface area (Å²) in [5.74, 6) is -0.355. The van der Waals surface area contributed by atoms with Crippen molar-refractivity contribution in [3.8, 4) is 5.75 Å². The number of benzene rings is 3. The zero-order valence-electron chi connectivity index (χ0n) is 21.6. The van der Waals surface area contributed by atoms with Crippen LogP contribution in [-0.4, -0.2) is 31.9 Å². The van der Waals surface area contributed by atoms with Gasteiger partial charge in [0.1, 0.15) is 12.4 Å². The number of ether oxygens (including phenoxy) is 1. The van der Waals surface area contributed by atoms with Gasteiger partial charge >= 0.3 is 11.7 Å². The largest absolute Gasteiger partial charge is 0.481 e. The number of carboxylic acid groups (broad SMARTS) is 1. The van der Waals surface area contributed by atoms with Gasteiger partial charge in [-0.2, -0.15) is 9.78 Å². The number of hydrogen-bond acceptors (Lipinski definition) is 7. The number of hydrogen-bond donors (Lipinski definition) is 1. The van der Waals surface area contributed by atoms with Crippen molar-refractivity contribution in [2.45, 2.75) is 44.6 Å². The maximum Gasteiger partial charge on any atom is 0.335 e. The van der Waals surface area contributed by atoms with Crippen LogP contribution < -0.4 is 10.3 Å². The van der Waals surface area contributed by atoms with E-state index in [-0.39, 0.29) is 35.1 Å². The smallest absolute Gasteiger partial charge is 0.335 e. The van der Waals surface area contributed by atoms with Crippen LogP contribution in [0.4, 0.5) is 5.69 Å². The summed E-state index contributed by atoms with van der Waals surface area (Å²) in [6.07, 6.45) is 6.47. The Balaban J connectivity index is 1.49. The molecule has 5 rings (SSSR count). The summed E-state index contributed by atoms with van der Waals surface area (Å²) < 4.78 is 8.15. The fourth-order valence-electron chi connectivity index (χ4n) is 4.88. The molecule has 1 heterocycles. The number of nitro groups is 1. The lowest BCUT2D eigenvalue weighted by Crippen LogP contribution is -2.25. The molecule has 4 aromatic rings. The van der Waals surface area contributed by atoms with Gasteiger partial charge in [-0.1, -0.05) is 47.3 Å². The van der Waals surface area contributed by atoms with Gasteiger partial charge in [0.05, 0.1) is 32.1 Å². The van der Waals surface area contributed by atoms with E-state index in [0.29, 0.717) is 32.3 Å². The minimum absolute atomic E-state index is 0.00869. The molecule has 41 heavy (non-hydrogen) atoms. The summed E-state index contributed by atoms with van der Waals surface area (Å²) >= 11 is 6.79. The lowest BCUT2D eigenvalue weighted by molar-refractivity contribution is -0.386. The number of carboxylic acids is 1. The van der Waals surface area contributed by atoms with E-state index < -0.39 is 10.9 Å². The molecule has 0 atom stereocenters. The third kappa shape index (κ3) is 6.38. The molecule has 1 N–H and O–H groups in total. The minimum atomic E-state index is -1.05. The van der Waals surface area contributed by atoms with Crippen molar-refractivity contribution in [1.29, 1.82) is 0 Å². The molecule has 1 aliphatic rings. The Morgan fingerprint density at radius 3 is 2.54 bits per heavy atom. The third-order valence-corrected chi connectivity index (χ3v) is 8.04. The van der Waals surface area contributed by atoms with E-state index in [9.17, 15) is 19.7 Å². The van der Waals surface area contributed by atoms with Gasteiger partial charge in [-0.25, -0.2) is 9.78 Å². The quantitative estimate of drug-likeness (QED) is 0.120.